The Morgan fingerprint density at radius 3 is 2.78 bits per heavy atom. The predicted molar refractivity (Wildman–Crippen MR) is 69.8 cm³/mol. The third kappa shape index (κ3) is 2.99. The lowest BCUT2D eigenvalue weighted by Gasteiger charge is -2.25. The van der Waals surface area contributed by atoms with E-state index in [1.54, 1.807) is 6.07 Å². The maximum atomic E-state index is 13.0. The van der Waals surface area contributed by atoms with E-state index in [2.05, 4.69) is 24.3 Å². The summed E-state index contributed by atoms with van der Waals surface area (Å²) in [6.45, 7) is 0.790. The Bertz CT molecular complexity index is 459. The number of anilines is 1. The summed E-state index contributed by atoms with van der Waals surface area (Å²) in [5.74, 6) is 0.377. The first-order valence-electron chi connectivity index (χ1n) is 6.21. The summed E-state index contributed by atoms with van der Waals surface area (Å²) in [6.07, 6.45) is 2.55. The Morgan fingerprint density at radius 2 is 2.22 bits per heavy atom. The van der Waals surface area contributed by atoms with Gasteiger partial charge in [0.1, 0.15) is 11.9 Å². The van der Waals surface area contributed by atoms with E-state index in [9.17, 15) is 4.39 Å². The van der Waals surface area contributed by atoms with Gasteiger partial charge in [-0.2, -0.15) is 5.26 Å². The van der Waals surface area contributed by atoms with Gasteiger partial charge < -0.3 is 10.2 Å². The molecule has 0 radical (unpaired) electrons. The van der Waals surface area contributed by atoms with Crippen LogP contribution in [0.15, 0.2) is 18.2 Å². The summed E-state index contributed by atoms with van der Waals surface area (Å²) in [5, 5.41) is 12.2. The SMILES string of the molecule is CN(C)[C@H](CNc1ccc(F)cc1C#N)C1CC1. The van der Waals surface area contributed by atoms with E-state index >= 15 is 0 Å². The highest BCUT2D eigenvalue weighted by atomic mass is 19.1. The number of hydrogen-bond acceptors (Lipinski definition) is 3. The van der Waals surface area contributed by atoms with Gasteiger partial charge in [-0.15, -0.1) is 0 Å². The van der Waals surface area contributed by atoms with Crippen LogP contribution < -0.4 is 5.32 Å². The fourth-order valence-electron chi connectivity index (χ4n) is 2.23. The van der Waals surface area contributed by atoms with Crippen molar-refractivity contribution < 1.29 is 4.39 Å². The van der Waals surface area contributed by atoms with Crippen molar-refractivity contribution in [1.29, 1.82) is 5.26 Å². The van der Waals surface area contributed by atoms with Crippen molar-refractivity contribution in [2.45, 2.75) is 18.9 Å². The van der Waals surface area contributed by atoms with E-state index in [4.69, 9.17) is 5.26 Å². The second-order valence-electron chi connectivity index (χ2n) is 5.05. The highest BCUT2D eigenvalue weighted by Crippen LogP contribution is 2.34. The summed E-state index contributed by atoms with van der Waals surface area (Å²) in [6, 6.07) is 6.77. The summed E-state index contributed by atoms with van der Waals surface area (Å²) in [4.78, 5) is 2.21. The number of benzene rings is 1. The lowest BCUT2D eigenvalue weighted by molar-refractivity contribution is 0.276. The molecule has 0 heterocycles. The Labute approximate surface area is 107 Å². The molecule has 1 aromatic rings. The molecule has 0 unspecified atom stereocenters. The smallest absolute Gasteiger partial charge is 0.124 e. The van der Waals surface area contributed by atoms with Gasteiger partial charge in [0.25, 0.3) is 0 Å². The molecule has 1 fully saturated rings. The fraction of sp³-hybridized carbons (Fsp3) is 0.500. The van der Waals surface area contributed by atoms with Crippen molar-refractivity contribution in [1.82, 2.24) is 4.90 Å². The maximum Gasteiger partial charge on any atom is 0.124 e. The Hall–Kier alpha value is -1.60. The molecule has 0 spiro atoms. The minimum Gasteiger partial charge on any atom is -0.382 e. The molecule has 0 aromatic heterocycles. The van der Waals surface area contributed by atoms with E-state index < -0.39 is 0 Å². The van der Waals surface area contributed by atoms with Crippen LogP contribution in [-0.4, -0.2) is 31.6 Å². The first-order chi connectivity index (χ1) is 8.61. The van der Waals surface area contributed by atoms with Crippen molar-refractivity contribution in [3.05, 3.63) is 29.6 Å². The molecule has 0 saturated heterocycles. The maximum absolute atomic E-state index is 13.0. The van der Waals surface area contributed by atoms with Crippen molar-refractivity contribution in [2.24, 2.45) is 5.92 Å². The van der Waals surface area contributed by atoms with Crippen LogP contribution in [0.4, 0.5) is 10.1 Å². The van der Waals surface area contributed by atoms with Gasteiger partial charge >= 0.3 is 0 Å². The molecule has 18 heavy (non-hydrogen) atoms. The normalized spacial score (nSPS) is 16.4. The quantitative estimate of drug-likeness (QED) is 0.868. The molecule has 96 valence electrons. The minimum atomic E-state index is -0.372. The number of hydrogen-bond donors (Lipinski definition) is 1. The molecule has 1 N–H and O–H groups in total. The number of nitrogens with zero attached hydrogens (tertiary/aromatic N) is 2. The molecule has 1 atom stereocenters. The van der Waals surface area contributed by atoms with Crippen LogP contribution in [-0.2, 0) is 0 Å². The average Bonchev–Trinajstić information content (AvgIpc) is 3.15. The third-order valence-electron chi connectivity index (χ3n) is 3.43. The Kier molecular flexibility index (Phi) is 3.83. The van der Waals surface area contributed by atoms with Gasteiger partial charge in [0.2, 0.25) is 0 Å². The molecule has 4 heteroatoms. The monoisotopic (exact) mass is 247 g/mol. The molecular weight excluding hydrogens is 229 g/mol. The van der Waals surface area contributed by atoms with Crippen LogP contribution in [0.5, 0.6) is 0 Å². The zero-order valence-corrected chi connectivity index (χ0v) is 10.8. The van der Waals surface area contributed by atoms with E-state index in [0.29, 0.717) is 17.3 Å². The van der Waals surface area contributed by atoms with Gasteiger partial charge in [0.15, 0.2) is 0 Å². The summed E-state index contributed by atoms with van der Waals surface area (Å²) in [7, 11) is 4.14. The van der Waals surface area contributed by atoms with Gasteiger partial charge in [0, 0.05) is 12.6 Å². The highest BCUT2D eigenvalue weighted by molar-refractivity contribution is 5.57. The molecule has 1 aromatic carbocycles. The number of halogens is 1. The second kappa shape index (κ2) is 5.36. The van der Waals surface area contributed by atoms with Gasteiger partial charge in [-0.25, -0.2) is 4.39 Å². The first-order valence-corrected chi connectivity index (χ1v) is 6.21. The molecule has 1 aliphatic rings. The standard InChI is InChI=1S/C14H18FN3/c1-18(2)14(10-3-4-10)9-17-13-6-5-12(15)7-11(13)8-16/h5-7,10,14,17H,3-4,9H2,1-2H3/t14-/m1/s1. The Morgan fingerprint density at radius 1 is 1.50 bits per heavy atom. The van der Waals surface area contributed by atoms with E-state index in [0.717, 1.165) is 12.5 Å². The summed E-state index contributed by atoms with van der Waals surface area (Å²) < 4.78 is 13.0. The highest BCUT2D eigenvalue weighted by Gasteiger charge is 2.32. The van der Waals surface area contributed by atoms with E-state index in [1.807, 2.05) is 6.07 Å². The molecule has 0 aliphatic heterocycles. The summed E-state index contributed by atoms with van der Waals surface area (Å²) in [5.41, 5.74) is 1.08. The van der Waals surface area contributed by atoms with Crippen molar-refractivity contribution in [3.63, 3.8) is 0 Å². The van der Waals surface area contributed by atoms with Gasteiger partial charge in [-0.3, -0.25) is 0 Å². The lowest BCUT2D eigenvalue weighted by atomic mass is 10.1. The number of likely N-dealkylation sites (N-methyl/N-ethyl adjacent to an activating group) is 1. The van der Waals surface area contributed by atoms with Crippen LogP contribution in [0.1, 0.15) is 18.4 Å². The average molecular weight is 247 g/mol. The first kappa shape index (κ1) is 12.8. The molecule has 0 bridgehead atoms. The predicted octanol–water partition coefficient (Wildman–Crippen LogP) is 2.45. The molecule has 1 aliphatic carbocycles. The van der Waals surface area contributed by atoms with Gasteiger partial charge in [-0.1, -0.05) is 0 Å². The molecule has 1 saturated carbocycles. The fourth-order valence-corrected chi connectivity index (χ4v) is 2.23. The molecule has 0 amide bonds. The van der Waals surface area contributed by atoms with Crippen LogP contribution in [0.25, 0.3) is 0 Å². The Balaban J connectivity index is 2.03. The van der Waals surface area contributed by atoms with E-state index in [-0.39, 0.29) is 5.82 Å². The van der Waals surface area contributed by atoms with Crippen LogP contribution in [0.2, 0.25) is 0 Å². The van der Waals surface area contributed by atoms with Crippen molar-refractivity contribution >= 4 is 5.69 Å². The topological polar surface area (TPSA) is 39.1 Å². The lowest BCUT2D eigenvalue weighted by Crippen LogP contribution is -2.36. The summed E-state index contributed by atoms with van der Waals surface area (Å²) >= 11 is 0. The zero-order chi connectivity index (χ0) is 13.1. The molecular formula is C14H18FN3. The van der Waals surface area contributed by atoms with Crippen LogP contribution >= 0.6 is 0 Å². The van der Waals surface area contributed by atoms with Gasteiger partial charge in [0.05, 0.1) is 11.3 Å². The number of nitrogens with one attached hydrogen (secondary N) is 1. The third-order valence-corrected chi connectivity index (χ3v) is 3.43. The number of rotatable bonds is 5. The van der Waals surface area contributed by atoms with Crippen molar-refractivity contribution in [2.75, 3.05) is 26.0 Å². The van der Waals surface area contributed by atoms with Crippen LogP contribution in [0.3, 0.4) is 0 Å². The minimum absolute atomic E-state index is 0.364. The van der Waals surface area contributed by atoms with Crippen LogP contribution in [0, 0.1) is 23.1 Å². The number of nitriles is 1. The van der Waals surface area contributed by atoms with E-state index in [1.165, 1.54) is 25.0 Å². The van der Waals surface area contributed by atoms with Crippen molar-refractivity contribution in [3.8, 4) is 6.07 Å². The zero-order valence-electron chi connectivity index (χ0n) is 10.8. The molecule has 2 rings (SSSR count). The second-order valence-corrected chi connectivity index (χ2v) is 5.05. The van der Waals surface area contributed by atoms with Gasteiger partial charge in [-0.05, 0) is 51.1 Å². The molecule has 3 nitrogen and oxygen atoms in total. The largest absolute Gasteiger partial charge is 0.382 e.